The third kappa shape index (κ3) is 3.44. The Morgan fingerprint density at radius 3 is 2.16 bits per heavy atom. The van der Waals surface area contributed by atoms with E-state index < -0.39 is 0 Å². The average Bonchev–Trinajstić information content (AvgIpc) is 3.45. The van der Waals surface area contributed by atoms with Crippen molar-refractivity contribution < 1.29 is 4.79 Å². The summed E-state index contributed by atoms with van der Waals surface area (Å²) in [5.41, 5.74) is 2.17. The molecule has 2 fully saturated rings. The second-order valence-electron chi connectivity index (χ2n) is 7.14. The molecule has 2 aromatic carbocycles. The van der Waals surface area contributed by atoms with E-state index in [0.717, 1.165) is 56.2 Å². The van der Waals surface area contributed by atoms with Crippen molar-refractivity contribution in [3.8, 4) is 0 Å². The summed E-state index contributed by atoms with van der Waals surface area (Å²) >= 11 is 5.99. The van der Waals surface area contributed by atoms with Crippen molar-refractivity contribution in [3.63, 3.8) is 0 Å². The summed E-state index contributed by atoms with van der Waals surface area (Å²) < 4.78 is 0. The SMILES string of the molecule is O=C(N1CCN(Cc2ccccc2)CC1)C1(c2ccc(Cl)cc2)CC1. The van der Waals surface area contributed by atoms with E-state index in [2.05, 4.69) is 34.1 Å². The lowest BCUT2D eigenvalue weighted by Crippen LogP contribution is -2.51. The third-order valence-corrected chi connectivity index (χ3v) is 5.72. The largest absolute Gasteiger partial charge is 0.339 e. The molecule has 1 heterocycles. The van der Waals surface area contributed by atoms with Crippen molar-refractivity contribution in [2.24, 2.45) is 0 Å². The molecule has 3 nitrogen and oxygen atoms in total. The summed E-state index contributed by atoms with van der Waals surface area (Å²) in [6, 6.07) is 18.3. The van der Waals surface area contributed by atoms with Crippen molar-refractivity contribution in [1.29, 1.82) is 0 Å². The number of carbonyl (C=O) groups is 1. The zero-order chi connectivity index (χ0) is 17.3. The van der Waals surface area contributed by atoms with E-state index in [1.807, 2.05) is 30.3 Å². The second kappa shape index (κ2) is 6.81. The van der Waals surface area contributed by atoms with Crippen LogP contribution in [0.15, 0.2) is 54.6 Å². The van der Waals surface area contributed by atoms with E-state index in [9.17, 15) is 4.79 Å². The van der Waals surface area contributed by atoms with Crippen molar-refractivity contribution in [1.82, 2.24) is 9.80 Å². The number of hydrogen-bond donors (Lipinski definition) is 0. The fourth-order valence-electron chi connectivity index (χ4n) is 3.77. The molecule has 0 spiro atoms. The van der Waals surface area contributed by atoms with Crippen LogP contribution in [0.1, 0.15) is 24.0 Å². The summed E-state index contributed by atoms with van der Waals surface area (Å²) in [7, 11) is 0. The molecule has 25 heavy (non-hydrogen) atoms. The Bertz CT molecular complexity index is 732. The molecule has 1 saturated heterocycles. The van der Waals surface area contributed by atoms with Gasteiger partial charge in [-0.2, -0.15) is 0 Å². The van der Waals surface area contributed by atoms with Gasteiger partial charge in [0.05, 0.1) is 5.41 Å². The standard InChI is InChI=1S/C21H23ClN2O/c22-19-8-6-18(7-9-19)21(10-11-21)20(25)24-14-12-23(13-15-24)16-17-4-2-1-3-5-17/h1-9H,10-16H2. The molecule has 0 N–H and O–H groups in total. The first kappa shape index (κ1) is 16.6. The number of piperazine rings is 1. The number of hydrogen-bond acceptors (Lipinski definition) is 2. The predicted molar refractivity (Wildman–Crippen MR) is 101 cm³/mol. The molecule has 4 rings (SSSR count). The van der Waals surface area contributed by atoms with Gasteiger partial charge in [-0.05, 0) is 36.1 Å². The van der Waals surface area contributed by atoms with Crippen molar-refractivity contribution in [3.05, 3.63) is 70.7 Å². The Labute approximate surface area is 154 Å². The summed E-state index contributed by atoms with van der Waals surface area (Å²) in [5.74, 6) is 0.300. The first-order chi connectivity index (χ1) is 12.2. The fraction of sp³-hybridized carbons (Fsp3) is 0.381. The van der Waals surface area contributed by atoms with Crippen LogP contribution >= 0.6 is 11.6 Å². The van der Waals surface area contributed by atoms with Crippen molar-refractivity contribution in [2.45, 2.75) is 24.8 Å². The average molecular weight is 355 g/mol. The second-order valence-corrected chi connectivity index (χ2v) is 7.58. The number of rotatable bonds is 4. The van der Waals surface area contributed by atoms with Crippen molar-refractivity contribution in [2.75, 3.05) is 26.2 Å². The molecule has 0 radical (unpaired) electrons. The number of amides is 1. The summed E-state index contributed by atoms with van der Waals surface area (Å²) in [5, 5.41) is 0.724. The van der Waals surface area contributed by atoms with Gasteiger partial charge in [0.15, 0.2) is 0 Å². The molecule has 0 bridgehead atoms. The minimum Gasteiger partial charge on any atom is -0.339 e. The van der Waals surface area contributed by atoms with Gasteiger partial charge in [0, 0.05) is 37.7 Å². The van der Waals surface area contributed by atoms with E-state index in [0.29, 0.717) is 5.91 Å². The molecule has 1 saturated carbocycles. The molecular formula is C21H23ClN2O. The molecular weight excluding hydrogens is 332 g/mol. The highest BCUT2D eigenvalue weighted by Gasteiger charge is 2.53. The van der Waals surface area contributed by atoms with Gasteiger partial charge in [0.1, 0.15) is 0 Å². The van der Waals surface area contributed by atoms with Gasteiger partial charge in [-0.1, -0.05) is 54.1 Å². The molecule has 4 heteroatoms. The maximum absolute atomic E-state index is 13.1. The lowest BCUT2D eigenvalue weighted by Gasteiger charge is -2.36. The first-order valence-corrected chi connectivity index (χ1v) is 9.37. The third-order valence-electron chi connectivity index (χ3n) is 5.46. The molecule has 2 aromatic rings. The van der Waals surface area contributed by atoms with Crippen molar-refractivity contribution >= 4 is 17.5 Å². The first-order valence-electron chi connectivity index (χ1n) is 8.99. The number of benzene rings is 2. The maximum Gasteiger partial charge on any atom is 0.233 e. The van der Waals surface area contributed by atoms with E-state index >= 15 is 0 Å². The zero-order valence-electron chi connectivity index (χ0n) is 14.3. The van der Waals surface area contributed by atoms with Gasteiger partial charge in [-0.25, -0.2) is 0 Å². The normalized spacial score (nSPS) is 19.6. The summed E-state index contributed by atoms with van der Waals surface area (Å²) in [6.07, 6.45) is 1.91. The predicted octanol–water partition coefficient (Wildman–Crippen LogP) is 3.72. The van der Waals surface area contributed by atoms with Crippen LogP contribution in [-0.4, -0.2) is 41.9 Å². The number of halogens is 1. The van der Waals surface area contributed by atoms with Crippen LogP contribution in [0.5, 0.6) is 0 Å². The van der Waals surface area contributed by atoms with Gasteiger partial charge in [0.2, 0.25) is 5.91 Å². The van der Waals surface area contributed by atoms with E-state index in [-0.39, 0.29) is 5.41 Å². The molecule has 1 amide bonds. The topological polar surface area (TPSA) is 23.6 Å². The van der Waals surface area contributed by atoms with Crippen LogP contribution in [-0.2, 0) is 16.8 Å². The van der Waals surface area contributed by atoms with Gasteiger partial charge >= 0.3 is 0 Å². The molecule has 0 unspecified atom stereocenters. The zero-order valence-corrected chi connectivity index (χ0v) is 15.1. The quantitative estimate of drug-likeness (QED) is 0.835. The highest BCUT2D eigenvalue weighted by molar-refractivity contribution is 6.30. The van der Waals surface area contributed by atoms with Gasteiger partial charge < -0.3 is 4.90 Å². The lowest BCUT2D eigenvalue weighted by molar-refractivity contribution is -0.135. The van der Waals surface area contributed by atoms with E-state index in [1.54, 1.807) is 0 Å². The van der Waals surface area contributed by atoms with Crippen LogP contribution in [0.2, 0.25) is 5.02 Å². The van der Waals surface area contributed by atoms with Crippen LogP contribution < -0.4 is 0 Å². The molecule has 0 atom stereocenters. The lowest BCUT2D eigenvalue weighted by atomic mass is 9.94. The van der Waals surface area contributed by atoms with Crippen LogP contribution in [0.25, 0.3) is 0 Å². The van der Waals surface area contributed by atoms with E-state index in [4.69, 9.17) is 11.6 Å². The Balaban J connectivity index is 1.37. The van der Waals surface area contributed by atoms with Gasteiger partial charge in [0.25, 0.3) is 0 Å². The molecule has 1 aliphatic heterocycles. The Kier molecular flexibility index (Phi) is 4.53. The maximum atomic E-state index is 13.1. The number of nitrogens with zero attached hydrogens (tertiary/aromatic N) is 2. The smallest absolute Gasteiger partial charge is 0.233 e. The summed E-state index contributed by atoms with van der Waals surface area (Å²) in [4.78, 5) is 17.6. The molecule has 0 aromatic heterocycles. The highest BCUT2D eigenvalue weighted by atomic mass is 35.5. The Hall–Kier alpha value is -1.84. The minimum atomic E-state index is -0.286. The molecule has 130 valence electrons. The summed E-state index contributed by atoms with van der Waals surface area (Å²) in [6.45, 7) is 4.49. The fourth-order valence-corrected chi connectivity index (χ4v) is 3.90. The minimum absolute atomic E-state index is 0.286. The molecule has 2 aliphatic rings. The molecule has 1 aliphatic carbocycles. The Morgan fingerprint density at radius 1 is 0.920 bits per heavy atom. The van der Waals surface area contributed by atoms with Crippen LogP contribution in [0.3, 0.4) is 0 Å². The number of carbonyl (C=O) groups excluding carboxylic acids is 1. The van der Waals surface area contributed by atoms with Crippen LogP contribution in [0, 0.1) is 0 Å². The highest BCUT2D eigenvalue weighted by Crippen LogP contribution is 2.49. The van der Waals surface area contributed by atoms with E-state index in [1.165, 1.54) is 5.56 Å². The Morgan fingerprint density at radius 2 is 1.56 bits per heavy atom. The van der Waals surface area contributed by atoms with Crippen LogP contribution in [0.4, 0.5) is 0 Å². The monoisotopic (exact) mass is 354 g/mol. The van der Waals surface area contributed by atoms with Gasteiger partial charge in [-0.15, -0.1) is 0 Å². The van der Waals surface area contributed by atoms with Gasteiger partial charge in [-0.3, -0.25) is 9.69 Å².